The third-order valence-electron chi connectivity index (χ3n) is 2.61. The summed E-state index contributed by atoms with van der Waals surface area (Å²) in [5.41, 5.74) is 0. The van der Waals surface area contributed by atoms with Crippen LogP contribution in [0.5, 0.6) is 0 Å². The Morgan fingerprint density at radius 3 is 2.62 bits per heavy atom. The van der Waals surface area contributed by atoms with Gasteiger partial charge in [0.25, 0.3) is 0 Å². The highest BCUT2D eigenvalue weighted by Crippen LogP contribution is 2.26. The third kappa shape index (κ3) is 3.33. The molecule has 94 valence electrons. The van der Waals surface area contributed by atoms with E-state index in [1.807, 2.05) is 0 Å². The molecule has 0 aromatic carbocycles. The number of rotatable bonds is 4. The van der Waals surface area contributed by atoms with Crippen molar-refractivity contribution >= 4 is 5.97 Å². The highest BCUT2D eigenvalue weighted by atomic mass is 19.3. The number of alkyl halides is 4. The molecule has 0 aromatic heterocycles. The van der Waals surface area contributed by atoms with Crippen LogP contribution in [-0.2, 0) is 4.79 Å². The molecule has 1 heterocycles. The summed E-state index contributed by atoms with van der Waals surface area (Å²) in [5, 5.41) is 8.70. The van der Waals surface area contributed by atoms with Crippen LogP contribution in [0.15, 0.2) is 0 Å². The van der Waals surface area contributed by atoms with Crippen LogP contribution in [0.25, 0.3) is 0 Å². The number of hydrogen-bond acceptors (Lipinski definition) is 2. The van der Waals surface area contributed by atoms with Crippen molar-refractivity contribution in [2.24, 2.45) is 5.92 Å². The highest BCUT2D eigenvalue weighted by molar-refractivity contribution is 5.70. The fourth-order valence-electron chi connectivity index (χ4n) is 1.77. The molecule has 0 amide bonds. The number of nitrogens with zero attached hydrogens (tertiary/aromatic N) is 1. The van der Waals surface area contributed by atoms with Crippen molar-refractivity contribution in [2.75, 3.05) is 19.6 Å². The van der Waals surface area contributed by atoms with Crippen molar-refractivity contribution in [3.8, 4) is 0 Å². The van der Waals surface area contributed by atoms with E-state index in [-0.39, 0.29) is 13.1 Å². The number of hydrogen-bond donors (Lipinski definition) is 1. The lowest BCUT2D eigenvalue weighted by Crippen LogP contribution is -2.47. The van der Waals surface area contributed by atoms with E-state index in [4.69, 9.17) is 5.11 Å². The first-order valence-corrected chi connectivity index (χ1v) is 4.94. The van der Waals surface area contributed by atoms with E-state index in [0.717, 1.165) is 4.90 Å². The summed E-state index contributed by atoms with van der Waals surface area (Å²) in [6.45, 7) is -0.918. The Balaban J connectivity index is 2.52. The Hall–Kier alpha value is -0.850. The Morgan fingerprint density at radius 2 is 2.12 bits per heavy atom. The highest BCUT2D eigenvalue weighted by Gasteiger charge is 2.43. The molecule has 1 fully saturated rings. The molecule has 1 atom stereocenters. The number of carbonyl (C=O) groups is 1. The second kappa shape index (κ2) is 4.99. The molecule has 0 saturated carbocycles. The van der Waals surface area contributed by atoms with Crippen LogP contribution in [0.3, 0.4) is 0 Å². The minimum Gasteiger partial charge on any atom is -0.481 e. The van der Waals surface area contributed by atoms with Crippen molar-refractivity contribution in [3.05, 3.63) is 0 Å². The van der Waals surface area contributed by atoms with Crippen LogP contribution in [0.4, 0.5) is 17.6 Å². The van der Waals surface area contributed by atoms with Gasteiger partial charge in [-0.05, 0) is 19.4 Å². The minimum atomic E-state index is -4.07. The van der Waals surface area contributed by atoms with E-state index in [1.54, 1.807) is 0 Å². The average Bonchev–Trinajstić information content (AvgIpc) is 2.17. The summed E-state index contributed by atoms with van der Waals surface area (Å²) in [6, 6.07) is 0. The van der Waals surface area contributed by atoms with Crippen molar-refractivity contribution in [1.82, 2.24) is 4.90 Å². The molecule has 16 heavy (non-hydrogen) atoms. The first kappa shape index (κ1) is 13.2. The monoisotopic (exact) mass is 243 g/mol. The van der Waals surface area contributed by atoms with Crippen molar-refractivity contribution in [1.29, 1.82) is 0 Å². The summed E-state index contributed by atoms with van der Waals surface area (Å²) in [5.74, 6) is -5.87. The van der Waals surface area contributed by atoms with E-state index in [1.165, 1.54) is 0 Å². The van der Waals surface area contributed by atoms with Crippen LogP contribution in [0.1, 0.15) is 12.8 Å². The third-order valence-corrected chi connectivity index (χ3v) is 2.61. The quantitative estimate of drug-likeness (QED) is 0.764. The van der Waals surface area contributed by atoms with Gasteiger partial charge in [0.2, 0.25) is 0 Å². The number of likely N-dealkylation sites (tertiary alicyclic amines) is 1. The van der Waals surface area contributed by atoms with Crippen molar-refractivity contribution < 1.29 is 27.5 Å². The summed E-state index contributed by atoms with van der Waals surface area (Å²) in [6.07, 6.45) is -2.86. The molecule has 1 aliphatic heterocycles. The van der Waals surface area contributed by atoms with Gasteiger partial charge >= 0.3 is 18.3 Å². The summed E-state index contributed by atoms with van der Waals surface area (Å²) in [7, 11) is 0. The van der Waals surface area contributed by atoms with Gasteiger partial charge in [0.05, 0.1) is 12.5 Å². The fraction of sp³-hybridized carbons (Fsp3) is 0.889. The fourth-order valence-corrected chi connectivity index (χ4v) is 1.77. The van der Waals surface area contributed by atoms with Crippen LogP contribution in [0, 0.1) is 5.92 Å². The van der Waals surface area contributed by atoms with Gasteiger partial charge in [0.15, 0.2) is 0 Å². The summed E-state index contributed by atoms with van der Waals surface area (Å²) >= 11 is 0. The zero-order valence-corrected chi connectivity index (χ0v) is 8.50. The maximum absolute atomic E-state index is 12.7. The van der Waals surface area contributed by atoms with Gasteiger partial charge in [-0.15, -0.1) is 0 Å². The van der Waals surface area contributed by atoms with Gasteiger partial charge in [-0.25, -0.2) is 8.78 Å². The molecule has 1 saturated heterocycles. The standard InChI is InChI=1S/C9H13F4NO2/c10-8(11)9(12,13)5-14-3-1-2-6(4-14)7(15)16/h6,8H,1-5H2,(H,15,16)/t6-/m0/s1. The Bertz CT molecular complexity index is 260. The number of carboxylic acid groups (broad SMARTS) is 1. The van der Waals surface area contributed by atoms with Gasteiger partial charge in [0.1, 0.15) is 0 Å². The molecule has 0 aromatic rings. The molecule has 0 radical (unpaired) electrons. The van der Waals surface area contributed by atoms with Gasteiger partial charge in [-0.3, -0.25) is 9.69 Å². The number of piperidine rings is 1. The van der Waals surface area contributed by atoms with Gasteiger partial charge < -0.3 is 5.11 Å². The molecular formula is C9H13F4NO2. The number of halogens is 4. The van der Waals surface area contributed by atoms with E-state index >= 15 is 0 Å². The van der Waals surface area contributed by atoms with Crippen LogP contribution >= 0.6 is 0 Å². The molecule has 1 N–H and O–H groups in total. The van der Waals surface area contributed by atoms with E-state index in [0.29, 0.717) is 12.8 Å². The Kier molecular flexibility index (Phi) is 4.12. The first-order chi connectivity index (χ1) is 7.33. The molecule has 1 aliphatic rings. The average molecular weight is 243 g/mol. The zero-order valence-electron chi connectivity index (χ0n) is 8.50. The topological polar surface area (TPSA) is 40.5 Å². The second-order valence-electron chi connectivity index (χ2n) is 3.97. The molecule has 0 bridgehead atoms. The lowest BCUT2D eigenvalue weighted by Gasteiger charge is -2.32. The van der Waals surface area contributed by atoms with Crippen molar-refractivity contribution in [2.45, 2.75) is 25.2 Å². The lowest BCUT2D eigenvalue weighted by molar-refractivity contribution is -0.153. The number of carboxylic acids is 1. The van der Waals surface area contributed by atoms with E-state index in [9.17, 15) is 22.4 Å². The van der Waals surface area contributed by atoms with Crippen LogP contribution in [-0.4, -0.2) is 48.0 Å². The van der Waals surface area contributed by atoms with Crippen LogP contribution < -0.4 is 0 Å². The molecule has 0 spiro atoms. The Morgan fingerprint density at radius 1 is 1.50 bits per heavy atom. The largest absolute Gasteiger partial charge is 0.481 e. The predicted molar refractivity (Wildman–Crippen MR) is 47.8 cm³/mol. The first-order valence-electron chi connectivity index (χ1n) is 4.94. The Labute approximate surface area is 90.0 Å². The maximum atomic E-state index is 12.7. The van der Waals surface area contributed by atoms with E-state index in [2.05, 4.69) is 0 Å². The van der Waals surface area contributed by atoms with Crippen LogP contribution in [0.2, 0.25) is 0 Å². The van der Waals surface area contributed by atoms with Gasteiger partial charge in [0, 0.05) is 6.54 Å². The second-order valence-corrected chi connectivity index (χ2v) is 3.97. The lowest BCUT2D eigenvalue weighted by atomic mass is 9.98. The number of aliphatic carboxylic acids is 1. The SMILES string of the molecule is O=C(O)[C@H]1CCCN(CC(F)(F)C(F)F)C1. The molecule has 3 nitrogen and oxygen atoms in total. The summed E-state index contributed by atoms with van der Waals surface area (Å²) < 4.78 is 49.3. The normalized spacial score (nSPS) is 23.7. The molecule has 0 unspecified atom stereocenters. The molecule has 7 heteroatoms. The smallest absolute Gasteiger partial charge is 0.319 e. The maximum Gasteiger partial charge on any atom is 0.319 e. The minimum absolute atomic E-state index is 0.0857. The summed E-state index contributed by atoms with van der Waals surface area (Å²) in [4.78, 5) is 11.7. The molecular weight excluding hydrogens is 230 g/mol. The molecule has 0 aliphatic carbocycles. The predicted octanol–water partition coefficient (Wildman–Crippen LogP) is 1.68. The molecule has 1 rings (SSSR count). The van der Waals surface area contributed by atoms with Crippen molar-refractivity contribution in [3.63, 3.8) is 0 Å². The zero-order chi connectivity index (χ0) is 12.3. The van der Waals surface area contributed by atoms with Gasteiger partial charge in [-0.1, -0.05) is 0 Å². The van der Waals surface area contributed by atoms with Gasteiger partial charge in [-0.2, -0.15) is 8.78 Å². The van der Waals surface area contributed by atoms with E-state index < -0.39 is 30.8 Å².